The van der Waals surface area contributed by atoms with E-state index in [9.17, 15) is 4.79 Å². The molecular formula is C9H17NO2S. The molecule has 1 aliphatic rings. The fourth-order valence-corrected chi connectivity index (χ4v) is 2.80. The second kappa shape index (κ2) is 5.50. The number of thioether (sulfide) groups is 1. The predicted octanol–water partition coefficient (Wildman–Crippen LogP) is 1.16. The van der Waals surface area contributed by atoms with Crippen LogP contribution in [0.4, 0.5) is 0 Å². The summed E-state index contributed by atoms with van der Waals surface area (Å²) in [6, 6.07) is -0.421. The van der Waals surface area contributed by atoms with Crippen LogP contribution in [0.25, 0.3) is 0 Å². The average Bonchev–Trinajstić information content (AvgIpc) is 2.57. The Morgan fingerprint density at radius 3 is 3.08 bits per heavy atom. The molecule has 4 heteroatoms. The first-order chi connectivity index (χ1) is 6.24. The molecule has 0 aliphatic carbocycles. The van der Waals surface area contributed by atoms with Crippen molar-refractivity contribution in [2.45, 2.75) is 37.5 Å². The maximum absolute atomic E-state index is 11.2. The second-order valence-corrected chi connectivity index (χ2v) is 4.64. The molecule has 13 heavy (non-hydrogen) atoms. The number of carbonyl (C=O) groups is 1. The number of hydrogen-bond donors (Lipinski definition) is 1. The lowest BCUT2D eigenvalue weighted by Crippen LogP contribution is -2.34. The van der Waals surface area contributed by atoms with Crippen LogP contribution in [0.15, 0.2) is 0 Å². The second-order valence-electron chi connectivity index (χ2n) is 3.23. The highest BCUT2D eigenvalue weighted by atomic mass is 32.2. The van der Waals surface area contributed by atoms with Crippen LogP contribution in [0, 0.1) is 0 Å². The minimum atomic E-state index is -0.421. The van der Waals surface area contributed by atoms with E-state index in [-0.39, 0.29) is 5.97 Å². The molecule has 2 N–H and O–H groups in total. The first kappa shape index (κ1) is 10.9. The van der Waals surface area contributed by atoms with Crippen LogP contribution in [0.5, 0.6) is 0 Å². The van der Waals surface area contributed by atoms with Crippen LogP contribution < -0.4 is 5.73 Å². The van der Waals surface area contributed by atoms with Gasteiger partial charge in [-0.15, -0.1) is 0 Å². The average molecular weight is 203 g/mol. The lowest BCUT2D eigenvalue weighted by molar-refractivity contribution is -0.144. The Hall–Kier alpha value is -0.220. The molecule has 2 atom stereocenters. The van der Waals surface area contributed by atoms with Gasteiger partial charge in [-0.05, 0) is 31.9 Å². The van der Waals surface area contributed by atoms with Gasteiger partial charge in [0.05, 0.1) is 6.61 Å². The highest BCUT2D eigenvalue weighted by Crippen LogP contribution is 2.29. The van der Waals surface area contributed by atoms with Crippen molar-refractivity contribution in [1.82, 2.24) is 0 Å². The number of esters is 1. The van der Waals surface area contributed by atoms with Crippen LogP contribution in [0.1, 0.15) is 26.2 Å². The third kappa shape index (κ3) is 3.56. The van der Waals surface area contributed by atoms with E-state index >= 15 is 0 Å². The molecule has 1 unspecified atom stereocenters. The van der Waals surface area contributed by atoms with Gasteiger partial charge in [0.1, 0.15) is 6.04 Å². The first-order valence-electron chi connectivity index (χ1n) is 4.78. The molecule has 0 aromatic heterocycles. The topological polar surface area (TPSA) is 52.3 Å². The van der Waals surface area contributed by atoms with Crippen molar-refractivity contribution < 1.29 is 9.53 Å². The van der Waals surface area contributed by atoms with Crippen molar-refractivity contribution >= 4 is 17.7 Å². The summed E-state index contributed by atoms with van der Waals surface area (Å²) in [6.45, 7) is 2.22. The lowest BCUT2D eigenvalue weighted by Gasteiger charge is -2.14. The molecule has 1 fully saturated rings. The molecule has 1 saturated heterocycles. The Kier molecular flexibility index (Phi) is 4.59. The maximum atomic E-state index is 11.2. The number of nitrogens with two attached hydrogens (primary N) is 1. The highest BCUT2D eigenvalue weighted by molar-refractivity contribution is 8.00. The summed E-state index contributed by atoms with van der Waals surface area (Å²) in [4.78, 5) is 11.2. The van der Waals surface area contributed by atoms with Crippen molar-refractivity contribution in [2.24, 2.45) is 5.73 Å². The minimum Gasteiger partial charge on any atom is -0.465 e. The van der Waals surface area contributed by atoms with Crippen LogP contribution >= 0.6 is 11.8 Å². The molecule has 0 bridgehead atoms. The zero-order valence-electron chi connectivity index (χ0n) is 7.99. The third-order valence-electron chi connectivity index (χ3n) is 2.13. The molecule has 0 aromatic rings. The van der Waals surface area contributed by atoms with E-state index in [1.807, 2.05) is 11.8 Å². The van der Waals surface area contributed by atoms with Crippen LogP contribution in [0.3, 0.4) is 0 Å². The fraction of sp³-hybridized carbons (Fsp3) is 0.889. The Balaban J connectivity index is 2.22. The zero-order valence-corrected chi connectivity index (χ0v) is 8.81. The first-order valence-corrected chi connectivity index (χ1v) is 5.82. The summed E-state index contributed by atoms with van der Waals surface area (Å²) in [5, 5.41) is 0.569. The molecule has 0 saturated carbocycles. The number of ether oxygens (including phenoxy) is 1. The largest absolute Gasteiger partial charge is 0.465 e. The van der Waals surface area contributed by atoms with E-state index in [1.165, 1.54) is 18.6 Å². The molecule has 1 rings (SSSR count). The highest BCUT2D eigenvalue weighted by Gasteiger charge is 2.23. The fourth-order valence-electron chi connectivity index (χ4n) is 1.46. The molecule has 0 radical (unpaired) electrons. The minimum absolute atomic E-state index is 0.255. The molecule has 0 spiro atoms. The van der Waals surface area contributed by atoms with Crippen LogP contribution in [-0.2, 0) is 9.53 Å². The third-order valence-corrected chi connectivity index (χ3v) is 3.55. The Labute approximate surface area is 83.4 Å². The van der Waals surface area contributed by atoms with Gasteiger partial charge in [0.25, 0.3) is 0 Å². The lowest BCUT2D eigenvalue weighted by atomic mass is 10.1. The van der Waals surface area contributed by atoms with Crippen LogP contribution in [-0.4, -0.2) is 29.6 Å². The van der Waals surface area contributed by atoms with Gasteiger partial charge in [-0.2, -0.15) is 11.8 Å². The van der Waals surface area contributed by atoms with Crippen molar-refractivity contribution in [3.05, 3.63) is 0 Å². The molecule has 76 valence electrons. The van der Waals surface area contributed by atoms with Gasteiger partial charge in [0, 0.05) is 5.25 Å². The van der Waals surface area contributed by atoms with Gasteiger partial charge >= 0.3 is 5.97 Å². The van der Waals surface area contributed by atoms with Gasteiger partial charge < -0.3 is 10.5 Å². The predicted molar refractivity (Wildman–Crippen MR) is 54.7 cm³/mol. The van der Waals surface area contributed by atoms with E-state index < -0.39 is 6.04 Å². The molecule has 3 nitrogen and oxygen atoms in total. The number of hydrogen-bond acceptors (Lipinski definition) is 4. The molecule has 0 amide bonds. The molecular weight excluding hydrogens is 186 g/mol. The van der Waals surface area contributed by atoms with Gasteiger partial charge in [-0.3, -0.25) is 4.79 Å². The monoisotopic (exact) mass is 203 g/mol. The van der Waals surface area contributed by atoms with Gasteiger partial charge in [0.15, 0.2) is 0 Å². The summed E-state index contributed by atoms with van der Waals surface area (Å²) in [7, 11) is 0. The normalized spacial score (nSPS) is 24.3. The van der Waals surface area contributed by atoms with Crippen molar-refractivity contribution in [2.75, 3.05) is 12.4 Å². The van der Waals surface area contributed by atoms with E-state index in [1.54, 1.807) is 6.92 Å². The van der Waals surface area contributed by atoms with Crippen molar-refractivity contribution in [1.29, 1.82) is 0 Å². The Morgan fingerprint density at radius 1 is 1.77 bits per heavy atom. The molecule has 1 heterocycles. The van der Waals surface area contributed by atoms with Crippen LogP contribution in [0.2, 0.25) is 0 Å². The maximum Gasteiger partial charge on any atom is 0.322 e. The quantitative estimate of drug-likeness (QED) is 0.697. The summed E-state index contributed by atoms with van der Waals surface area (Å²) < 4.78 is 4.84. The van der Waals surface area contributed by atoms with E-state index in [0.717, 1.165) is 6.42 Å². The Morgan fingerprint density at radius 2 is 2.54 bits per heavy atom. The van der Waals surface area contributed by atoms with Gasteiger partial charge in [-0.1, -0.05) is 0 Å². The number of rotatable bonds is 4. The Bertz CT molecular complexity index is 169. The summed E-state index contributed by atoms with van der Waals surface area (Å²) in [5.74, 6) is 0.954. The van der Waals surface area contributed by atoms with Gasteiger partial charge in [0.2, 0.25) is 0 Å². The molecule has 0 aromatic carbocycles. The summed E-state index contributed by atoms with van der Waals surface area (Å²) >= 11 is 1.92. The molecule has 1 aliphatic heterocycles. The smallest absolute Gasteiger partial charge is 0.322 e. The van der Waals surface area contributed by atoms with Gasteiger partial charge in [-0.25, -0.2) is 0 Å². The SMILES string of the molecule is CCOC(=O)[C@@H](N)CC1CCCS1. The van der Waals surface area contributed by atoms with E-state index in [2.05, 4.69) is 0 Å². The zero-order chi connectivity index (χ0) is 9.68. The summed E-state index contributed by atoms with van der Waals surface area (Å²) in [6.07, 6.45) is 3.21. The summed E-state index contributed by atoms with van der Waals surface area (Å²) in [5.41, 5.74) is 5.70. The van der Waals surface area contributed by atoms with E-state index in [4.69, 9.17) is 10.5 Å². The van der Waals surface area contributed by atoms with Crippen molar-refractivity contribution in [3.63, 3.8) is 0 Å². The van der Waals surface area contributed by atoms with Crippen molar-refractivity contribution in [3.8, 4) is 0 Å². The van der Waals surface area contributed by atoms with E-state index in [0.29, 0.717) is 11.9 Å². The standard InChI is InChI=1S/C9H17NO2S/c1-2-12-9(11)8(10)6-7-4-3-5-13-7/h7-8H,2-6,10H2,1H3/t7?,8-/m0/s1. The number of carbonyl (C=O) groups excluding carboxylic acids is 1.